The molecule has 0 radical (unpaired) electrons. The third kappa shape index (κ3) is 6.04. The number of nitrogens with one attached hydrogen (secondary N) is 1. The van der Waals surface area contributed by atoms with Crippen molar-refractivity contribution in [2.24, 2.45) is 10.9 Å². The number of hydrogen-bond acceptors (Lipinski definition) is 6. The van der Waals surface area contributed by atoms with Gasteiger partial charge in [0.2, 0.25) is 5.13 Å². The van der Waals surface area contributed by atoms with Crippen LogP contribution in [0.15, 0.2) is 4.99 Å². The fourth-order valence-corrected chi connectivity index (χ4v) is 4.62. The molecule has 2 saturated heterocycles. The van der Waals surface area contributed by atoms with E-state index in [1.165, 1.54) is 44.0 Å². The Morgan fingerprint density at radius 2 is 1.89 bits per heavy atom. The quantitative estimate of drug-likeness (QED) is 0.425. The van der Waals surface area contributed by atoms with Crippen molar-refractivity contribution in [3.8, 4) is 0 Å². The van der Waals surface area contributed by atoms with E-state index < -0.39 is 0 Å². The number of piperazine rings is 1. The maximum Gasteiger partial charge on any atom is 0.205 e. The standard InChI is InChI=1S/C20H37N7S/c1-4-18-23-20(28-24-18)27-15-13-26(14-16-27)19(21-5-2)22-9-6-10-25-11-7-17(3)8-12-25/h17H,4-16H2,1-3H3,(H,21,22). The van der Waals surface area contributed by atoms with Crippen LogP contribution in [-0.4, -0.2) is 84.0 Å². The fraction of sp³-hybridized carbons (Fsp3) is 0.850. The van der Waals surface area contributed by atoms with Crippen LogP contribution in [0, 0.1) is 5.92 Å². The van der Waals surface area contributed by atoms with Crippen LogP contribution >= 0.6 is 11.5 Å². The molecule has 158 valence electrons. The Labute approximate surface area is 174 Å². The van der Waals surface area contributed by atoms with Crippen LogP contribution < -0.4 is 10.2 Å². The normalized spacial score (nSPS) is 20.0. The van der Waals surface area contributed by atoms with Crippen LogP contribution in [-0.2, 0) is 6.42 Å². The van der Waals surface area contributed by atoms with Crippen molar-refractivity contribution in [3.05, 3.63) is 5.82 Å². The topological polar surface area (TPSA) is 59.9 Å². The van der Waals surface area contributed by atoms with Gasteiger partial charge in [-0.05, 0) is 51.7 Å². The van der Waals surface area contributed by atoms with E-state index in [1.54, 1.807) is 0 Å². The molecule has 0 amide bonds. The molecule has 0 saturated carbocycles. The first-order valence-electron chi connectivity index (χ1n) is 11.0. The molecule has 2 fully saturated rings. The van der Waals surface area contributed by atoms with Crippen LogP contribution in [0.2, 0.25) is 0 Å². The molecule has 3 rings (SSSR count). The minimum absolute atomic E-state index is 0.905. The van der Waals surface area contributed by atoms with Crippen molar-refractivity contribution >= 4 is 22.6 Å². The highest BCUT2D eigenvalue weighted by Crippen LogP contribution is 2.19. The molecule has 0 aromatic carbocycles. The Morgan fingerprint density at radius 1 is 1.14 bits per heavy atom. The summed E-state index contributed by atoms with van der Waals surface area (Å²) in [6, 6.07) is 0. The van der Waals surface area contributed by atoms with Gasteiger partial charge in [-0.15, -0.1) is 0 Å². The van der Waals surface area contributed by atoms with Crippen molar-refractivity contribution in [1.82, 2.24) is 24.5 Å². The minimum Gasteiger partial charge on any atom is -0.357 e. The van der Waals surface area contributed by atoms with E-state index in [0.717, 1.165) is 74.9 Å². The predicted molar refractivity (Wildman–Crippen MR) is 119 cm³/mol. The average Bonchev–Trinajstić information content (AvgIpc) is 3.21. The van der Waals surface area contributed by atoms with E-state index in [-0.39, 0.29) is 0 Å². The van der Waals surface area contributed by atoms with Crippen molar-refractivity contribution in [1.29, 1.82) is 0 Å². The summed E-state index contributed by atoms with van der Waals surface area (Å²) in [6.45, 7) is 16.1. The van der Waals surface area contributed by atoms with Gasteiger partial charge in [0.15, 0.2) is 5.96 Å². The Morgan fingerprint density at radius 3 is 2.54 bits per heavy atom. The molecular formula is C20H37N7S. The largest absolute Gasteiger partial charge is 0.357 e. The number of nitrogens with zero attached hydrogens (tertiary/aromatic N) is 6. The number of aromatic nitrogens is 2. The number of likely N-dealkylation sites (tertiary alicyclic amines) is 1. The summed E-state index contributed by atoms with van der Waals surface area (Å²) in [5.74, 6) is 2.93. The number of piperidine rings is 1. The second-order valence-electron chi connectivity index (χ2n) is 7.93. The first-order valence-corrected chi connectivity index (χ1v) is 11.8. The first kappa shape index (κ1) is 21.3. The lowest BCUT2D eigenvalue weighted by atomic mass is 9.99. The summed E-state index contributed by atoms with van der Waals surface area (Å²) in [4.78, 5) is 16.9. The zero-order valence-electron chi connectivity index (χ0n) is 17.9. The molecule has 1 aromatic heterocycles. The Balaban J connectivity index is 1.43. The van der Waals surface area contributed by atoms with Gasteiger partial charge in [0.05, 0.1) is 0 Å². The fourth-order valence-electron chi connectivity index (χ4n) is 3.82. The number of rotatable bonds is 7. The van der Waals surface area contributed by atoms with E-state index >= 15 is 0 Å². The molecule has 28 heavy (non-hydrogen) atoms. The summed E-state index contributed by atoms with van der Waals surface area (Å²) in [5, 5.41) is 4.55. The van der Waals surface area contributed by atoms with E-state index in [2.05, 4.69) is 50.1 Å². The lowest BCUT2D eigenvalue weighted by Crippen LogP contribution is -2.52. The molecule has 2 aliphatic heterocycles. The van der Waals surface area contributed by atoms with Crippen molar-refractivity contribution in [2.75, 3.05) is 63.8 Å². The Bertz CT molecular complexity index is 601. The lowest BCUT2D eigenvalue weighted by molar-refractivity contribution is 0.191. The molecule has 1 aromatic rings. The molecule has 2 aliphatic rings. The molecule has 1 N–H and O–H groups in total. The molecule has 3 heterocycles. The molecule has 7 nitrogen and oxygen atoms in total. The highest BCUT2D eigenvalue weighted by atomic mass is 32.1. The third-order valence-electron chi connectivity index (χ3n) is 5.73. The number of anilines is 1. The van der Waals surface area contributed by atoms with Crippen molar-refractivity contribution < 1.29 is 0 Å². The number of aliphatic imine (C=N–C) groups is 1. The van der Waals surface area contributed by atoms with Crippen LogP contribution in [0.25, 0.3) is 0 Å². The van der Waals surface area contributed by atoms with Gasteiger partial charge in [-0.2, -0.15) is 4.37 Å². The van der Waals surface area contributed by atoms with E-state index in [0.29, 0.717) is 0 Å². The maximum absolute atomic E-state index is 4.91. The maximum atomic E-state index is 4.91. The Hall–Kier alpha value is -1.41. The summed E-state index contributed by atoms with van der Waals surface area (Å²) < 4.78 is 4.42. The number of aryl methyl sites for hydroxylation is 1. The van der Waals surface area contributed by atoms with Crippen LogP contribution in [0.5, 0.6) is 0 Å². The van der Waals surface area contributed by atoms with E-state index in [1.807, 2.05) is 0 Å². The smallest absolute Gasteiger partial charge is 0.205 e. The van der Waals surface area contributed by atoms with E-state index in [9.17, 15) is 0 Å². The monoisotopic (exact) mass is 407 g/mol. The summed E-state index contributed by atoms with van der Waals surface area (Å²) in [5.41, 5.74) is 0. The van der Waals surface area contributed by atoms with Gasteiger partial charge in [0.1, 0.15) is 5.82 Å². The van der Waals surface area contributed by atoms with E-state index in [4.69, 9.17) is 4.99 Å². The highest BCUT2D eigenvalue weighted by Gasteiger charge is 2.22. The van der Waals surface area contributed by atoms with Gasteiger partial charge in [-0.3, -0.25) is 4.99 Å². The molecule has 0 bridgehead atoms. The van der Waals surface area contributed by atoms with Gasteiger partial charge in [-0.25, -0.2) is 4.98 Å². The molecule has 0 aliphatic carbocycles. The summed E-state index contributed by atoms with van der Waals surface area (Å²) >= 11 is 1.53. The zero-order valence-corrected chi connectivity index (χ0v) is 18.7. The Kier molecular flexibility index (Phi) is 8.33. The molecule has 0 spiro atoms. The van der Waals surface area contributed by atoms with Gasteiger partial charge < -0.3 is 20.0 Å². The van der Waals surface area contributed by atoms with Gasteiger partial charge in [0.25, 0.3) is 0 Å². The number of guanidine groups is 1. The second-order valence-corrected chi connectivity index (χ2v) is 8.66. The minimum atomic E-state index is 0.905. The average molecular weight is 408 g/mol. The number of hydrogen-bond donors (Lipinski definition) is 1. The van der Waals surface area contributed by atoms with Gasteiger partial charge >= 0.3 is 0 Å². The molecule has 8 heteroatoms. The summed E-state index contributed by atoms with van der Waals surface area (Å²) in [7, 11) is 0. The van der Waals surface area contributed by atoms with Crippen LogP contribution in [0.1, 0.15) is 45.9 Å². The second kappa shape index (κ2) is 11.0. The molecule has 0 unspecified atom stereocenters. The lowest BCUT2D eigenvalue weighted by Gasteiger charge is -2.36. The third-order valence-corrected chi connectivity index (χ3v) is 6.54. The molecular weight excluding hydrogens is 370 g/mol. The van der Waals surface area contributed by atoms with Crippen molar-refractivity contribution in [3.63, 3.8) is 0 Å². The van der Waals surface area contributed by atoms with Crippen molar-refractivity contribution in [2.45, 2.75) is 46.5 Å². The van der Waals surface area contributed by atoms with Gasteiger partial charge in [-0.1, -0.05) is 13.8 Å². The van der Waals surface area contributed by atoms with Crippen LogP contribution in [0.3, 0.4) is 0 Å². The molecule has 0 atom stereocenters. The van der Waals surface area contributed by atoms with Gasteiger partial charge in [0, 0.05) is 57.2 Å². The SMILES string of the molecule is CCNC(=NCCCN1CCC(C)CC1)N1CCN(c2nc(CC)ns2)CC1. The summed E-state index contributed by atoms with van der Waals surface area (Å²) in [6.07, 6.45) is 4.76. The van der Waals surface area contributed by atoms with Crippen LogP contribution in [0.4, 0.5) is 5.13 Å². The zero-order chi connectivity index (χ0) is 19.8. The predicted octanol–water partition coefficient (Wildman–Crippen LogP) is 2.31. The highest BCUT2D eigenvalue weighted by molar-refractivity contribution is 7.09. The first-order chi connectivity index (χ1) is 13.7.